The molecule has 2 aromatic rings. The molecular formula is C10H9F3N4S. The van der Waals surface area contributed by atoms with Crippen LogP contribution in [0.15, 0.2) is 30.5 Å². The average molecular weight is 274 g/mol. The van der Waals surface area contributed by atoms with Crippen LogP contribution in [0.1, 0.15) is 22.0 Å². The molecular weight excluding hydrogens is 265 g/mol. The Hall–Kier alpha value is -1.51. The lowest BCUT2D eigenvalue weighted by Crippen LogP contribution is -2.30. The lowest BCUT2D eigenvalue weighted by molar-refractivity contribution is -0.138. The molecule has 0 amide bonds. The summed E-state index contributed by atoms with van der Waals surface area (Å²) in [7, 11) is 0. The molecule has 0 spiro atoms. The van der Waals surface area contributed by atoms with E-state index in [1.807, 2.05) is 0 Å². The van der Waals surface area contributed by atoms with Crippen molar-refractivity contribution in [2.24, 2.45) is 5.84 Å². The minimum Gasteiger partial charge on any atom is -0.271 e. The fourth-order valence-electron chi connectivity index (χ4n) is 1.63. The fourth-order valence-corrected chi connectivity index (χ4v) is 2.22. The van der Waals surface area contributed by atoms with Crippen molar-refractivity contribution in [2.75, 3.05) is 0 Å². The van der Waals surface area contributed by atoms with Crippen molar-refractivity contribution >= 4 is 11.5 Å². The predicted octanol–water partition coefficient (Wildman–Crippen LogP) is 2.11. The lowest BCUT2D eigenvalue weighted by Gasteiger charge is -2.19. The van der Waals surface area contributed by atoms with E-state index in [9.17, 15) is 13.2 Å². The summed E-state index contributed by atoms with van der Waals surface area (Å²) >= 11 is 0.999. The van der Waals surface area contributed by atoms with Crippen LogP contribution in [0.25, 0.3) is 0 Å². The summed E-state index contributed by atoms with van der Waals surface area (Å²) in [6, 6.07) is 4.50. The highest BCUT2D eigenvalue weighted by Gasteiger charge is 2.35. The van der Waals surface area contributed by atoms with E-state index in [0.717, 1.165) is 17.6 Å². The number of hydrazine groups is 1. The molecule has 0 saturated carbocycles. The Kier molecular flexibility index (Phi) is 3.60. The predicted molar refractivity (Wildman–Crippen MR) is 60.5 cm³/mol. The maximum Gasteiger partial charge on any atom is 0.416 e. The van der Waals surface area contributed by atoms with Gasteiger partial charge in [-0.25, -0.2) is 5.43 Å². The van der Waals surface area contributed by atoms with E-state index in [0.29, 0.717) is 4.88 Å². The monoisotopic (exact) mass is 274 g/mol. The molecule has 1 heterocycles. The number of nitrogens with two attached hydrogens (primary N) is 1. The molecule has 0 aliphatic heterocycles. The second-order valence-electron chi connectivity index (χ2n) is 3.50. The molecule has 0 radical (unpaired) electrons. The number of nitrogens with zero attached hydrogens (tertiary/aromatic N) is 2. The summed E-state index contributed by atoms with van der Waals surface area (Å²) in [5.74, 6) is 5.34. The maximum absolute atomic E-state index is 12.9. The van der Waals surface area contributed by atoms with Gasteiger partial charge in [0.1, 0.15) is 0 Å². The third kappa shape index (κ3) is 2.50. The molecule has 0 aliphatic carbocycles. The van der Waals surface area contributed by atoms with Crippen LogP contribution in [0, 0.1) is 0 Å². The van der Waals surface area contributed by atoms with E-state index in [-0.39, 0.29) is 5.56 Å². The van der Waals surface area contributed by atoms with Crippen LogP contribution in [0.5, 0.6) is 0 Å². The minimum absolute atomic E-state index is 0.0542. The van der Waals surface area contributed by atoms with E-state index < -0.39 is 17.8 Å². The van der Waals surface area contributed by atoms with Crippen LogP contribution in [0.4, 0.5) is 13.2 Å². The number of hydrogen-bond donors (Lipinski definition) is 2. The van der Waals surface area contributed by atoms with Crippen LogP contribution >= 0.6 is 11.5 Å². The second-order valence-corrected chi connectivity index (χ2v) is 4.32. The van der Waals surface area contributed by atoms with Gasteiger partial charge in [-0.3, -0.25) is 5.84 Å². The molecule has 1 unspecified atom stereocenters. The van der Waals surface area contributed by atoms with Gasteiger partial charge in [0.2, 0.25) is 0 Å². The molecule has 0 fully saturated rings. The number of hydrogen-bond acceptors (Lipinski definition) is 5. The zero-order valence-electron chi connectivity index (χ0n) is 8.98. The number of nitrogens with one attached hydrogen (secondary N) is 1. The first-order valence-corrected chi connectivity index (χ1v) is 5.71. The van der Waals surface area contributed by atoms with Gasteiger partial charge in [-0.05, 0) is 23.2 Å². The molecule has 96 valence electrons. The molecule has 4 nitrogen and oxygen atoms in total. The van der Waals surface area contributed by atoms with Gasteiger partial charge in [0.05, 0.1) is 22.7 Å². The molecule has 18 heavy (non-hydrogen) atoms. The lowest BCUT2D eigenvalue weighted by atomic mass is 9.99. The highest BCUT2D eigenvalue weighted by atomic mass is 32.1. The van der Waals surface area contributed by atoms with E-state index in [2.05, 4.69) is 15.0 Å². The first kappa shape index (κ1) is 12.9. The molecule has 0 aliphatic rings. The summed E-state index contributed by atoms with van der Waals surface area (Å²) in [6.07, 6.45) is -3.04. The number of halogens is 3. The van der Waals surface area contributed by atoms with Gasteiger partial charge >= 0.3 is 6.18 Å². The van der Waals surface area contributed by atoms with Crippen molar-refractivity contribution in [1.82, 2.24) is 15.0 Å². The first-order valence-electron chi connectivity index (χ1n) is 4.93. The summed E-state index contributed by atoms with van der Waals surface area (Å²) < 4.78 is 42.3. The van der Waals surface area contributed by atoms with Crippen LogP contribution in [-0.2, 0) is 6.18 Å². The zero-order valence-corrected chi connectivity index (χ0v) is 9.79. The third-order valence-electron chi connectivity index (χ3n) is 2.41. The number of rotatable bonds is 3. The largest absolute Gasteiger partial charge is 0.416 e. The molecule has 2 rings (SSSR count). The van der Waals surface area contributed by atoms with Gasteiger partial charge in [-0.15, -0.1) is 5.10 Å². The Morgan fingerprint density at radius 3 is 2.56 bits per heavy atom. The average Bonchev–Trinajstić information content (AvgIpc) is 2.83. The Bertz CT molecular complexity index is 512. The van der Waals surface area contributed by atoms with E-state index in [1.165, 1.54) is 24.4 Å². The summed E-state index contributed by atoms with van der Waals surface area (Å²) in [4.78, 5) is 0.522. The molecule has 3 N–H and O–H groups in total. The van der Waals surface area contributed by atoms with Crippen LogP contribution < -0.4 is 11.3 Å². The maximum atomic E-state index is 12.9. The van der Waals surface area contributed by atoms with Crippen LogP contribution in [-0.4, -0.2) is 9.59 Å². The van der Waals surface area contributed by atoms with Gasteiger partial charge < -0.3 is 0 Å². The first-order chi connectivity index (χ1) is 8.54. The normalized spacial score (nSPS) is 13.6. The molecule has 8 heteroatoms. The van der Waals surface area contributed by atoms with E-state index in [1.54, 1.807) is 0 Å². The van der Waals surface area contributed by atoms with Gasteiger partial charge in [0.15, 0.2) is 0 Å². The van der Waals surface area contributed by atoms with Crippen molar-refractivity contribution in [1.29, 1.82) is 0 Å². The van der Waals surface area contributed by atoms with Gasteiger partial charge in [-0.1, -0.05) is 22.7 Å². The number of alkyl halides is 3. The Balaban J connectivity index is 2.50. The highest BCUT2D eigenvalue weighted by Crippen LogP contribution is 2.36. The summed E-state index contributed by atoms with van der Waals surface area (Å²) in [5, 5.41) is 3.60. The van der Waals surface area contributed by atoms with Gasteiger partial charge in [0, 0.05) is 0 Å². The van der Waals surface area contributed by atoms with Crippen LogP contribution in [0.2, 0.25) is 0 Å². The molecule has 1 atom stereocenters. The fraction of sp³-hybridized carbons (Fsp3) is 0.200. The standard InChI is InChI=1S/C10H9F3N4S/c11-10(12,13)7-4-2-1-3-6(7)9(16-14)8-5-15-17-18-8/h1-5,9,16H,14H2. The minimum atomic E-state index is -4.43. The molecule has 0 saturated heterocycles. The third-order valence-corrected chi connectivity index (χ3v) is 3.13. The smallest absolute Gasteiger partial charge is 0.271 e. The molecule has 1 aromatic heterocycles. The van der Waals surface area contributed by atoms with E-state index in [4.69, 9.17) is 5.84 Å². The number of aromatic nitrogens is 2. The Labute approximate surface area is 105 Å². The summed E-state index contributed by atoms with van der Waals surface area (Å²) in [5.41, 5.74) is 1.70. The summed E-state index contributed by atoms with van der Waals surface area (Å²) in [6.45, 7) is 0. The van der Waals surface area contributed by atoms with Crippen LogP contribution in [0.3, 0.4) is 0 Å². The quantitative estimate of drug-likeness (QED) is 0.664. The SMILES string of the molecule is NNC(c1cnns1)c1ccccc1C(F)(F)F. The van der Waals surface area contributed by atoms with Crippen molar-refractivity contribution in [3.05, 3.63) is 46.5 Å². The second kappa shape index (κ2) is 5.01. The molecule has 0 bridgehead atoms. The molecule has 1 aromatic carbocycles. The van der Waals surface area contributed by atoms with Crippen molar-refractivity contribution in [2.45, 2.75) is 12.2 Å². The van der Waals surface area contributed by atoms with Crippen molar-refractivity contribution < 1.29 is 13.2 Å². The number of benzene rings is 1. The zero-order chi connectivity index (χ0) is 13.2. The Morgan fingerprint density at radius 2 is 2.00 bits per heavy atom. The topological polar surface area (TPSA) is 63.8 Å². The van der Waals surface area contributed by atoms with Gasteiger partial charge in [-0.2, -0.15) is 13.2 Å². The van der Waals surface area contributed by atoms with Crippen molar-refractivity contribution in [3.8, 4) is 0 Å². The van der Waals surface area contributed by atoms with E-state index >= 15 is 0 Å². The van der Waals surface area contributed by atoms with Crippen molar-refractivity contribution in [3.63, 3.8) is 0 Å². The van der Waals surface area contributed by atoms with Gasteiger partial charge in [0.25, 0.3) is 0 Å². The Morgan fingerprint density at radius 1 is 1.28 bits per heavy atom. The highest BCUT2D eigenvalue weighted by molar-refractivity contribution is 7.05.